The molecule has 5 N–H and O–H groups in total. The average molecular weight is 657 g/mol. The third-order valence-corrected chi connectivity index (χ3v) is 12.6. The van der Waals surface area contributed by atoms with Crippen molar-refractivity contribution in [3.05, 3.63) is 0 Å². The van der Waals surface area contributed by atoms with Gasteiger partial charge in [-0.2, -0.15) is 0 Å². The van der Waals surface area contributed by atoms with Gasteiger partial charge >= 0.3 is 0 Å². The molecule has 9 nitrogen and oxygen atoms in total. The molecule has 0 amide bonds. The van der Waals surface area contributed by atoms with Crippen LogP contribution in [-0.4, -0.2) is 84.6 Å². The van der Waals surface area contributed by atoms with E-state index in [1.807, 2.05) is 62.3 Å². The Kier molecular flexibility index (Phi) is 13.0. The van der Waals surface area contributed by atoms with Crippen molar-refractivity contribution in [2.75, 3.05) is 0 Å². The van der Waals surface area contributed by atoms with Crippen molar-refractivity contribution in [2.24, 2.45) is 41.4 Å². The molecule has 3 aliphatic rings. The van der Waals surface area contributed by atoms with Crippen molar-refractivity contribution in [3.8, 4) is 0 Å². The molecule has 46 heavy (non-hydrogen) atoms. The van der Waals surface area contributed by atoms with Gasteiger partial charge in [-0.05, 0) is 51.4 Å². The van der Waals surface area contributed by atoms with Crippen LogP contribution in [0.2, 0.25) is 0 Å². The van der Waals surface area contributed by atoms with E-state index in [4.69, 9.17) is 14.2 Å². The highest BCUT2D eigenvalue weighted by Crippen LogP contribution is 2.56. The van der Waals surface area contributed by atoms with Crippen LogP contribution in [0.4, 0.5) is 0 Å². The lowest BCUT2D eigenvalue weighted by atomic mass is 9.71. The largest absolute Gasteiger partial charge is 0.392 e. The fraction of sp³-hybridized carbons (Fsp3) is 0.973. The van der Waals surface area contributed by atoms with Gasteiger partial charge in [0.2, 0.25) is 0 Å². The van der Waals surface area contributed by atoms with Gasteiger partial charge < -0.3 is 39.7 Å². The fourth-order valence-corrected chi connectivity index (χ4v) is 9.46. The summed E-state index contributed by atoms with van der Waals surface area (Å²) in [6.45, 7) is 21.1. The molecule has 0 aromatic carbocycles. The van der Waals surface area contributed by atoms with Gasteiger partial charge in [0.05, 0.1) is 36.1 Å². The fourth-order valence-electron chi connectivity index (χ4n) is 9.46. The van der Waals surface area contributed by atoms with Crippen molar-refractivity contribution in [2.45, 2.75) is 187 Å². The highest BCUT2D eigenvalue weighted by atomic mass is 16.7. The molecule has 16 unspecified atom stereocenters. The Morgan fingerprint density at radius 3 is 2.09 bits per heavy atom. The molecule has 0 spiro atoms. The number of hydrogen-bond donors (Lipinski definition) is 5. The maximum absolute atomic E-state index is 14.2. The zero-order valence-electron chi connectivity index (χ0n) is 30.7. The second-order valence-electron chi connectivity index (χ2n) is 15.7. The van der Waals surface area contributed by atoms with Crippen LogP contribution in [0.3, 0.4) is 0 Å². The minimum absolute atomic E-state index is 0.0653. The molecule has 0 aliphatic carbocycles. The number of ether oxygens (including phenoxy) is 3. The third kappa shape index (κ3) is 6.87. The maximum atomic E-state index is 14.2. The zero-order valence-corrected chi connectivity index (χ0v) is 30.7. The first-order valence-electron chi connectivity index (χ1n) is 18.5. The Bertz CT molecular complexity index is 1010. The maximum Gasteiger partial charge on any atom is 0.198 e. The predicted octanol–water partition coefficient (Wildman–Crippen LogP) is 5.36. The van der Waals surface area contributed by atoms with E-state index in [9.17, 15) is 30.3 Å². The number of rotatable bonds is 15. The summed E-state index contributed by atoms with van der Waals surface area (Å²) in [6.07, 6.45) is 1.43. The molecule has 3 heterocycles. The number of aliphatic hydroxyl groups excluding tert-OH is 3. The van der Waals surface area contributed by atoms with Gasteiger partial charge in [-0.15, -0.1) is 0 Å². The smallest absolute Gasteiger partial charge is 0.198 e. The number of carbonyl (C=O) groups is 1. The van der Waals surface area contributed by atoms with Gasteiger partial charge in [0.1, 0.15) is 11.4 Å². The molecule has 0 saturated carbocycles. The van der Waals surface area contributed by atoms with E-state index in [-0.39, 0.29) is 23.5 Å². The monoisotopic (exact) mass is 656 g/mol. The summed E-state index contributed by atoms with van der Waals surface area (Å²) < 4.78 is 19.6. The van der Waals surface area contributed by atoms with E-state index in [0.717, 1.165) is 6.42 Å². The van der Waals surface area contributed by atoms with Gasteiger partial charge in [0.15, 0.2) is 11.6 Å². The SMILES string of the molecule is CCCC(O)C1(CC)CC(C)C(O)(C2(C)CC(C)C(C(CC)C(=O)C(C)C(O)C(C)C3OC(O)(CCC)C(C)C(O)C3CC)O2)O1. The van der Waals surface area contributed by atoms with Gasteiger partial charge in [-0.1, -0.05) is 82.1 Å². The minimum Gasteiger partial charge on any atom is -0.392 e. The number of Topliss-reactive ketones (excluding diaryl/α,β-unsaturated/α-hetero) is 1. The first kappa shape index (κ1) is 39.8. The molecule has 3 rings (SSSR count). The molecular formula is C37H68O9. The molecule has 3 saturated heterocycles. The summed E-state index contributed by atoms with van der Waals surface area (Å²) in [4.78, 5) is 14.2. The molecule has 3 aliphatic heterocycles. The molecule has 3 fully saturated rings. The topological polar surface area (TPSA) is 146 Å². The Labute approximate surface area is 278 Å². The lowest BCUT2D eigenvalue weighted by molar-refractivity contribution is -0.334. The van der Waals surface area contributed by atoms with Crippen LogP contribution in [0.15, 0.2) is 0 Å². The molecule has 9 heteroatoms. The summed E-state index contributed by atoms with van der Waals surface area (Å²) in [5, 5.41) is 57.5. The van der Waals surface area contributed by atoms with Crippen molar-refractivity contribution in [3.63, 3.8) is 0 Å². The Morgan fingerprint density at radius 1 is 0.935 bits per heavy atom. The predicted molar refractivity (Wildman–Crippen MR) is 178 cm³/mol. The van der Waals surface area contributed by atoms with Gasteiger partial charge in [0.25, 0.3) is 0 Å². The van der Waals surface area contributed by atoms with Gasteiger partial charge in [-0.25, -0.2) is 0 Å². The van der Waals surface area contributed by atoms with Crippen LogP contribution < -0.4 is 0 Å². The van der Waals surface area contributed by atoms with Crippen molar-refractivity contribution < 1.29 is 44.5 Å². The van der Waals surface area contributed by atoms with Crippen LogP contribution in [0.5, 0.6) is 0 Å². The van der Waals surface area contributed by atoms with Gasteiger partial charge in [-0.3, -0.25) is 4.79 Å². The van der Waals surface area contributed by atoms with Crippen molar-refractivity contribution in [1.29, 1.82) is 0 Å². The van der Waals surface area contributed by atoms with E-state index in [1.165, 1.54) is 0 Å². The second-order valence-corrected chi connectivity index (χ2v) is 15.7. The molecule has 0 bridgehead atoms. The summed E-state index contributed by atoms with van der Waals surface area (Å²) >= 11 is 0. The average Bonchev–Trinajstić information content (AvgIpc) is 3.48. The zero-order chi connectivity index (χ0) is 35.0. The highest BCUT2D eigenvalue weighted by Gasteiger charge is 2.67. The molecular weight excluding hydrogens is 588 g/mol. The Hall–Kier alpha value is -0.650. The second kappa shape index (κ2) is 15.1. The molecule has 270 valence electrons. The van der Waals surface area contributed by atoms with Crippen molar-refractivity contribution in [1.82, 2.24) is 0 Å². The number of ketones is 1. The van der Waals surface area contributed by atoms with Crippen LogP contribution in [-0.2, 0) is 19.0 Å². The van der Waals surface area contributed by atoms with E-state index in [1.54, 1.807) is 13.8 Å². The van der Waals surface area contributed by atoms with E-state index < -0.39 is 77.0 Å². The number of carbonyl (C=O) groups excluding carboxylic acids is 1. The van der Waals surface area contributed by atoms with E-state index in [2.05, 4.69) is 0 Å². The summed E-state index contributed by atoms with van der Waals surface area (Å²) in [5.74, 6) is -6.17. The molecule has 16 atom stereocenters. The van der Waals surface area contributed by atoms with Gasteiger partial charge in [0, 0.05) is 41.9 Å². The standard InChI is InChI=1S/C37H68O9/c1-12-17-28(38)35(16-5)20-22(7)37(43,46-35)34(11)19-21(6)32(44-34)26(14-3)30(40)23(8)29(39)24(9)33-27(15-4)31(41)25(10)36(42,45-33)18-13-2/h21-29,31-33,38-39,41-43H,12-20H2,1-11H3. The summed E-state index contributed by atoms with van der Waals surface area (Å²) in [6, 6.07) is 0. The number of hydrogen-bond acceptors (Lipinski definition) is 9. The lowest BCUT2D eigenvalue weighted by Crippen LogP contribution is -2.60. The first-order chi connectivity index (χ1) is 21.4. The molecule has 0 aromatic heterocycles. The van der Waals surface area contributed by atoms with Crippen molar-refractivity contribution >= 4 is 5.78 Å². The van der Waals surface area contributed by atoms with Crippen LogP contribution in [0.25, 0.3) is 0 Å². The van der Waals surface area contributed by atoms with E-state index >= 15 is 0 Å². The normalized spacial score (nSPS) is 44.9. The third-order valence-electron chi connectivity index (χ3n) is 12.6. The number of aliphatic hydroxyl groups is 5. The van der Waals surface area contributed by atoms with Crippen LogP contribution >= 0.6 is 0 Å². The Morgan fingerprint density at radius 2 is 1.57 bits per heavy atom. The molecule has 0 aromatic rings. The first-order valence-corrected chi connectivity index (χ1v) is 18.5. The lowest BCUT2D eigenvalue weighted by Gasteiger charge is -2.51. The summed E-state index contributed by atoms with van der Waals surface area (Å²) in [7, 11) is 0. The minimum atomic E-state index is -1.64. The highest BCUT2D eigenvalue weighted by molar-refractivity contribution is 5.84. The molecule has 0 radical (unpaired) electrons. The Balaban J connectivity index is 1.82. The summed E-state index contributed by atoms with van der Waals surface area (Å²) in [5.41, 5.74) is -1.96. The van der Waals surface area contributed by atoms with Crippen LogP contribution in [0, 0.1) is 41.4 Å². The quantitative estimate of drug-likeness (QED) is 0.157. The van der Waals surface area contributed by atoms with E-state index in [0.29, 0.717) is 51.4 Å². The van der Waals surface area contributed by atoms with Crippen LogP contribution in [0.1, 0.15) is 134 Å².